The van der Waals surface area contributed by atoms with Crippen LogP contribution < -0.4 is 9.47 Å². The molecule has 1 aromatic rings. The third-order valence-electron chi connectivity index (χ3n) is 3.48. The first-order valence-electron chi connectivity index (χ1n) is 6.89. The molecular weight excluding hydrogens is 280 g/mol. The molecule has 2 unspecified atom stereocenters. The van der Waals surface area contributed by atoms with E-state index in [0.717, 1.165) is 18.4 Å². The van der Waals surface area contributed by atoms with Crippen molar-refractivity contribution < 1.29 is 19.3 Å². The maximum atomic E-state index is 10.4. The number of halogens is 1. The van der Waals surface area contributed by atoms with Crippen molar-refractivity contribution in [3.63, 3.8) is 0 Å². The summed E-state index contributed by atoms with van der Waals surface area (Å²) < 4.78 is 16.3. The fourth-order valence-electron chi connectivity index (χ4n) is 2.21. The van der Waals surface area contributed by atoms with Gasteiger partial charge in [-0.3, -0.25) is 0 Å². The zero-order valence-electron chi connectivity index (χ0n) is 11.9. The number of benzene rings is 1. The number of aliphatic hydroxyl groups excluding tert-OH is 1. The molecule has 0 fully saturated rings. The van der Waals surface area contributed by atoms with Gasteiger partial charge in [-0.2, -0.15) is 0 Å². The van der Waals surface area contributed by atoms with Gasteiger partial charge < -0.3 is 19.3 Å². The van der Waals surface area contributed by atoms with Crippen LogP contribution in [0.5, 0.6) is 11.5 Å². The molecule has 0 bridgehead atoms. The fourth-order valence-corrected chi connectivity index (χ4v) is 2.49. The summed E-state index contributed by atoms with van der Waals surface area (Å²) in [4.78, 5) is 0. The Kier molecular flexibility index (Phi) is 5.52. The highest BCUT2D eigenvalue weighted by Gasteiger charge is 2.21. The molecule has 1 aromatic carbocycles. The monoisotopic (exact) mass is 300 g/mol. The Balaban J connectivity index is 2.20. The quantitative estimate of drug-likeness (QED) is 0.907. The summed E-state index contributed by atoms with van der Waals surface area (Å²) in [5.74, 6) is 1.27. The average molecular weight is 301 g/mol. The molecule has 5 heteroatoms. The first kappa shape index (κ1) is 15.4. The van der Waals surface area contributed by atoms with Crippen LogP contribution >= 0.6 is 11.6 Å². The van der Waals surface area contributed by atoms with Crippen molar-refractivity contribution in [2.75, 3.05) is 26.9 Å². The minimum absolute atomic E-state index is 0.0794. The van der Waals surface area contributed by atoms with E-state index in [0.29, 0.717) is 36.3 Å². The Morgan fingerprint density at radius 2 is 2.10 bits per heavy atom. The van der Waals surface area contributed by atoms with E-state index in [2.05, 4.69) is 0 Å². The minimum Gasteiger partial charge on any atom is -0.489 e. The van der Waals surface area contributed by atoms with Gasteiger partial charge in [-0.25, -0.2) is 0 Å². The van der Waals surface area contributed by atoms with Crippen molar-refractivity contribution in [3.8, 4) is 11.5 Å². The summed E-state index contributed by atoms with van der Waals surface area (Å²) in [6.45, 7) is 3.80. The smallest absolute Gasteiger partial charge is 0.179 e. The van der Waals surface area contributed by atoms with Crippen molar-refractivity contribution in [1.82, 2.24) is 0 Å². The largest absolute Gasteiger partial charge is 0.489 e. The van der Waals surface area contributed by atoms with Crippen LogP contribution in [0.4, 0.5) is 0 Å². The number of methoxy groups -OCH3 is 1. The number of fused-ring (bicyclic) bond motifs is 1. The van der Waals surface area contributed by atoms with Crippen molar-refractivity contribution in [2.45, 2.75) is 25.9 Å². The van der Waals surface area contributed by atoms with Gasteiger partial charge in [-0.1, -0.05) is 18.5 Å². The third kappa shape index (κ3) is 3.57. The van der Waals surface area contributed by atoms with Crippen molar-refractivity contribution in [3.05, 3.63) is 22.7 Å². The SMILES string of the molecule is COCCC(C)C(O)c1cc(Cl)c2c(c1)OCCCO2. The van der Waals surface area contributed by atoms with Gasteiger partial charge in [0, 0.05) is 20.1 Å². The van der Waals surface area contributed by atoms with Gasteiger partial charge in [0.15, 0.2) is 11.5 Å². The lowest BCUT2D eigenvalue weighted by atomic mass is 9.94. The maximum Gasteiger partial charge on any atom is 0.179 e. The summed E-state index contributed by atoms with van der Waals surface area (Å²) in [6, 6.07) is 3.57. The van der Waals surface area contributed by atoms with Gasteiger partial charge in [-0.05, 0) is 30.0 Å². The Hall–Kier alpha value is -0.970. The zero-order chi connectivity index (χ0) is 14.5. The van der Waals surface area contributed by atoms with Crippen LogP contribution in [0.2, 0.25) is 5.02 Å². The van der Waals surface area contributed by atoms with E-state index in [1.165, 1.54) is 0 Å². The topological polar surface area (TPSA) is 47.9 Å². The summed E-state index contributed by atoms with van der Waals surface area (Å²) in [6.07, 6.45) is 1.01. The molecule has 1 heterocycles. The number of rotatable bonds is 5. The van der Waals surface area contributed by atoms with Crippen LogP contribution in [0.3, 0.4) is 0 Å². The molecule has 0 radical (unpaired) electrons. The molecule has 0 aromatic heterocycles. The zero-order valence-corrected chi connectivity index (χ0v) is 12.7. The normalized spacial score (nSPS) is 17.4. The Morgan fingerprint density at radius 1 is 1.35 bits per heavy atom. The number of aliphatic hydroxyl groups is 1. The molecule has 1 N–H and O–H groups in total. The van der Waals surface area contributed by atoms with Gasteiger partial charge in [0.2, 0.25) is 0 Å². The van der Waals surface area contributed by atoms with Crippen molar-refractivity contribution in [2.24, 2.45) is 5.92 Å². The summed E-state index contributed by atoms with van der Waals surface area (Å²) in [5.41, 5.74) is 0.753. The molecule has 0 spiro atoms. The van der Waals surface area contributed by atoms with Gasteiger partial charge in [-0.15, -0.1) is 0 Å². The molecule has 0 saturated carbocycles. The standard InChI is InChI=1S/C15H21ClO4/c1-10(4-7-18-2)14(17)11-8-12(16)15-13(9-11)19-5-3-6-20-15/h8-10,14,17H,3-7H2,1-2H3. The van der Waals surface area contributed by atoms with E-state index in [1.54, 1.807) is 13.2 Å². The second-order valence-corrected chi connectivity index (χ2v) is 5.49. The molecule has 0 saturated heterocycles. The Bertz CT molecular complexity index is 450. The molecule has 20 heavy (non-hydrogen) atoms. The molecule has 2 rings (SSSR count). The van der Waals surface area contributed by atoms with E-state index in [-0.39, 0.29) is 5.92 Å². The van der Waals surface area contributed by atoms with Crippen molar-refractivity contribution in [1.29, 1.82) is 0 Å². The van der Waals surface area contributed by atoms with Crippen LogP contribution in [0.1, 0.15) is 31.4 Å². The predicted octanol–water partition coefficient (Wildman–Crippen LogP) is 3.21. The van der Waals surface area contributed by atoms with E-state index in [9.17, 15) is 5.11 Å². The van der Waals surface area contributed by atoms with Gasteiger partial charge in [0.05, 0.1) is 24.3 Å². The predicted molar refractivity (Wildman–Crippen MR) is 77.7 cm³/mol. The van der Waals surface area contributed by atoms with E-state index in [4.69, 9.17) is 25.8 Å². The van der Waals surface area contributed by atoms with Gasteiger partial charge in [0.25, 0.3) is 0 Å². The van der Waals surface area contributed by atoms with E-state index in [1.807, 2.05) is 13.0 Å². The number of hydrogen-bond acceptors (Lipinski definition) is 4. The van der Waals surface area contributed by atoms with E-state index < -0.39 is 6.10 Å². The van der Waals surface area contributed by atoms with Crippen LogP contribution in [0.15, 0.2) is 12.1 Å². The van der Waals surface area contributed by atoms with E-state index >= 15 is 0 Å². The average Bonchev–Trinajstić information content (AvgIpc) is 2.69. The lowest BCUT2D eigenvalue weighted by molar-refractivity contribution is 0.0884. The lowest BCUT2D eigenvalue weighted by Gasteiger charge is -2.20. The second-order valence-electron chi connectivity index (χ2n) is 5.08. The molecule has 2 atom stereocenters. The summed E-state index contributed by atoms with van der Waals surface area (Å²) >= 11 is 6.23. The summed E-state index contributed by atoms with van der Waals surface area (Å²) in [7, 11) is 1.66. The molecule has 0 amide bonds. The number of ether oxygens (including phenoxy) is 3. The number of hydrogen-bond donors (Lipinski definition) is 1. The lowest BCUT2D eigenvalue weighted by Crippen LogP contribution is -2.12. The first-order chi connectivity index (χ1) is 9.63. The Morgan fingerprint density at radius 3 is 2.85 bits per heavy atom. The second kappa shape index (κ2) is 7.16. The fraction of sp³-hybridized carbons (Fsp3) is 0.600. The van der Waals surface area contributed by atoms with Crippen LogP contribution in [-0.2, 0) is 4.74 Å². The molecule has 1 aliphatic heterocycles. The third-order valence-corrected chi connectivity index (χ3v) is 3.76. The summed E-state index contributed by atoms with van der Waals surface area (Å²) in [5, 5.41) is 10.9. The molecule has 0 aliphatic carbocycles. The first-order valence-corrected chi connectivity index (χ1v) is 7.27. The van der Waals surface area contributed by atoms with Gasteiger partial charge in [0.1, 0.15) is 0 Å². The highest BCUT2D eigenvalue weighted by molar-refractivity contribution is 6.32. The molecule has 1 aliphatic rings. The highest BCUT2D eigenvalue weighted by Crippen LogP contribution is 2.40. The van der Waals surface area contributed by atoms with Crippen LogP contribution in [-0.4, -0.2) is 32.0 Å². The molecule has 4 nitrogen and oxygen atoms in total. The van der Waals surface area contributed by atoms with Gasteiger partial charge >= 0.3 is 0 Å². The maximum absolute atomic E-state index is 10.4. The van der Waals surface area contributed by atoms with Crippen LogP contribution in [0, 0.1) is 5.92 Å². The molecule has 112 valence electrons. The minimum atomic E-state index is -0.597. The molecular formula is C15H21ClO4. The van der Waals surface area contributed by atoms with Crippen molar-refractivity contribution >= 4 is 11.6 Å². The Labute approximate surface area is 124 Å². The van der Waals surface area contributed by atoms with Crippen LogP contribution in [0.25, 0.3) is 0 Å². The highest BCUT2D eigenvalue weighted by atomic mass is 35.5.